The summed E-state index contributed by atoms with van der Waals surface area (Å²) < 4.78 is 4.76. The molecule has 1 atom stereocenters. The molecule has 1 aromatic carbocycles. The van der Waals surface area contributed by atoms with E-state index in [0.29, 0.717) is 5.02 Å². The van der Waals surface area contributed by atoms with E-state index in [2.05, 4.69) is 5.32 Å². The van der Waals surface area contributed by atoms with Crippen molar-refractivity contribution in [2.75, 3.05) is 13.7 Å². The molecule has 1 unspecified atom stereocenters. The lowest BCUT2D eigenvalue weighted by molar-refractivity contribution is -0.143. The Balaban J connectivity index is 2.92. The fraction of sp³-hybridized carbons (Fsp3) is 0.417. The van der Waals surface area contributed by atoms with E-state index in [1.54, 1.807) is 6.07 Å². The lowest BCUT2D eigenvalue weighted by Crippen LogP contribution is -2.30. The van der Waals surface area contributed by atoms with Crippen LogP contribution in [0.3, 0.4) is 0 Å². The Kier molecular flexibility index (Phi) is 5.29. The summed E-state index contributed by atoms with van der Waals surface area (Å²) in [5.41, 5.74) is 0.754. The molecule has 0 aliphatic carbocycles. The number of hydrogen-bond donors (Lipinski definition) is 1. The van der Waals surface area contributed by atoms with Crippen molar-refractivity contribution in [2.45, 2.75) is 19.4 Å². The Bertz CT molecular complexity index is 355. The van der Waals surface area contributed by atoms with Crippen LogP contribution in [0.1, 0.15) is 24.9 Å². The molecule has 0 aliphatic heterocycles. The van der Waals surface area contributed by atoms with Gasteiger partial charge in [0.25, 0.3) is 0 Å². The van der Waals surface area contributed by atoms with Crippen LogP contribution in [-0.4, -0.2) is 19.6 Å². The predicted molar refractivity (Wildman–Crippen MR) is 64.5 cm³/mol. The average Bonchev–Trinajstić information content (AvgIpc) is 2.31. The van der Waals surface area contributed by atoms with Crippen LogP contribution in [-0.2, 0) is 9.53 Å². The van der Waals surface area contributed by atoms with E-state index in [9.17, 15) is 4.79 Å². The number of carbonyl (C=O) groups excluding carboxylic acids is 1. The van der Waals surface area contributed by atoms with E-state index >= 15 is 0 Å². The molecule has 3 nitrogen and oxygen atoms in total. The quantitative estimate of drug-likeness (QED) is 0.806. The third-order valence-corrected chi connectivity index (χ3v) is 2.60. The van der Waals surface area contributed by atoms with Crippen molar-refractivity contribution < 1.29 is 9.53 Å². The molecule has 0 amide bonds. The van der Waals surface area contributed by atoms with Crippen molar-refractivity contribution in [3.05, 3.63) is 34.9 Å². The Labute approximate surface area is 101 Å². The molecule has 4 heteroatoms. The highest BCUT2D eigenvalue weighted by Crippen LogP contribution is 2.23. The van der Waals surface area contributed by atoms with Gasteiger partial charge in [-0.3, -0.25) is 0 Å². The molecule has 16 heavy (non-hydrogen) atoms. The molecular formula is C12H16ClNO2. The molecule has 0 spiro atoms. The molecule has 0 radical (unpaired) electrons. The van der Waals surface area contributed by atoms with E-state index < -0.39 is 6.04 Å². The summed E-state index contributed by atoms with van der Waals surface area (Å²) in [5.74, 6) is -0.318. The third-order valence-electron chi connectivity index (χ3n) is 2.25. The zero-order chi connectivity index (χ0) is 12.0. The maximum Gasteiger partial charge on any atom is 0.327 e. The monoisotopic (exact) mass is 241 g/mol. The molecule has 1 N–H and O–H groups in total. The first-order valence-corrected chi connectivity index (χ1v) is 5.64. The summed E-state index contributed by atoms with van der Waals surface area (Å²) in [7, 11) is 1.37. The molecule has 0 bridgehead atoms. The van der Waals surface area contributed by atoms with Gasteiger partial charge in [-0.2, -0.15) is 0 Å². The van der Waals surface area contributed by atoms with Gasteiger partial charge in [0.1, 0.15) is 6.04 Å². The lowest BCUT2D eigenvalue weighted by Gasteiger charge is -2.17. The number of ether oxygens (including phenoxy) is 1. The number of methoxy groups -OCH3 is 1. The molecule has 0 saturated heterocycles. The van der Waals surface area contributed by atoms with Gasteiger partial charge in [-0.05, 0) is 24.6 Å². The predicted octanol–water partition coefficient (Wildman–Crippen LogP) is 2.55. The highest BCUT2D eigenvalue weighted by molar-refractivity contribution is 6.31. The molecule has 1 aromatic rings. The molecule has 0 heterocycles. The lowest BCUT2D eigenvalue weighted by atomic mass is 10.1. The van der Waals surface area contributed by atoms with Gasteiger partial charge >= 0.3 is 5.97 Å². The van der Waals surface area contributed by atoms with Crippen LogP contribution in [0.15, 0.2) is 24.3 Å². The Morgan fingerprint density at radius 3 is 2.75 bits per heavy atom. The first-order valence-electron chi connectivity index (χ1n) is 5.26. The number of esters is 1. The standard InChI is InChI=1S/C12H16ClNO2/c1-3-8-14-11(12(15)16-2)9-6-4-5-7-10(9)13/h4-7,11,14H,3,8H2,1-2H3. The molecular weight excluding hydrogens is 226 g/mol. The second kappa shape index (κ2) is 6.51. The average molecular weight is 242 g/mol. The highest BCUT2D eigenvalue weighted by Gasteiger charge is 2.22. The van der Waals surface area contributed by atoms with E-state index in [0.717, 1.165) is 18.5 Å². The maximum absolute atomic E-state index is 11.6. The van der Waals surface area contributed by atoms with Crippen molar-refractivity contribution in [1.82, 2.24) is 5.32 Å². The van der Waals surface area contributed by atoms with Crippen LogP contribution in [0.5, 0.6) is 0 Å². The second-order valence-corrected chi connectivity index (χ2v) is 3.84. The summed E-state index contributed by atoms with van der Waals surface area (Å²) in [5, 5.41) is 3.69. The van der Waals surface area contributed by atoms with Gasteiger partial charge in [0.05, 0.1) is 7.11 Å². The largest absolute Gasteiger partial charge is 0.468 e. The Morgan fingerprint density at radius 2 is 2.19 bits per heavy atom. The summed E-state index contributed by atoms with van der Waals surface area (Å²) in [6.07, 6.45) is 0.942. The summed E-state index contributed by atoms with van der Waals surface area (Å²) in [4.78, 5) is 11.6. The minimum absolute atomic E-state index is 0.318. The van der Waals surface area contributed by atoms with E-state index in [4.69, 9.17) is 16.3 Å². The number of halogens is 1. The van der Waals surface area contributed by atoms with Crippen molar-refractivity contribution in [2.24, 2.45) is 0 Å². The topological polar surface area (TPSA) is 38.3 Å². The van der Waals surface area contributed by atoms with E-state index in [1.807, 2.05) is 25.1 Å². The van der Waals surface area contributed by atoms with Crippen LogP contribution in [0, 0.1) is 0 Å². The van der Waals surface area contributed by atoms with Crippen LogP contribution < -0.4 is 5.32 Å². The van der Waals surface area contributed by atoms with Crippen LogP contribution in [0.2, 0.25) is 5.02 Å². The van der Waals surface area contributed by atoms with Crippen LogP contribution in [0.25, 0.3) is 0 Å². The fourth-order valence-corrected chi connectivity index (χ4v) is 1.68. The van der Waals surface area contributed by atoms with Crippen molar-refractivity contribution in [1.29, 1.82) is 0 Å². The number of nitrogens with one attached hydrogen (secondary N) is 1. The molecule has 88 valence electrons. The van der Waals surface area contributed by atoms with Gasteiger partial charge < -0.3 is 10.1 Å². The van der Waals surface area contributed by atoms with Crippen LogP contribution in [0.4, 0.5) is 0 Å². The van der Waals surface area contributed by atoms with Gasteiger partial charge in [-0.25, -0.2) is 4.79 Å². The molecule has 0 aliphatic rings. The number of benzene rings is 1. The van der Waals surface area contributed by atoms with Crippen molar-refractivity contribution >= 4 is 17.6 Å². The Morgan fingerprint density at radius 1 is 1.50 bits per heavy atom. The van der Waals surface area contributed by atoms with E-state index in [1.165, 1.54) is 7.11 Å². The molecule has 1 rings (SSSR count). The summed E-state index contributed by atoms with van der Waals surface area (Å²) in [6, 6.07) is 6.79. The fourth-order valence-electron chi connectivity index (χ4n) is 1.44. The number of hydrogen-bond acceptors (Lipinski definition) is 3. The second-order valence-electron chi connectivity index (χ2n) is 3.43. The third kappa shape index (κ3) is 3.22. The summed E-state index contributed by atoms with van der Waals surface area (Å²) >= 11 is 6.05. The SMILES string of the molecule is CCCNC(C(=O)OC)c1ccccc1Cl. The van der Waals surface area contributed by atoms with Crippen molar-refractivity contribution in [3.8, 4) is 0 Å². The van der Waals surface area contributed by atoms with Gasteiger partial charge in [0.15, 0.2) is 0 Å². The Hall–Kier alpha value is -1.06. The molecule has 0 fully saturated rings. The number of carbonyl (C=O) groups is 1. The smallest absolute Gasteiger partial charge is 0.327 e. The molecule has 0 aromatic heterocycles. The first kappa shape index (κ1) is 13.0. The zero-order valence-electron chi connectivity index (χ0n) is 9.50. The minimum Gasteiger partial charge on any atom is -0.468 e. The van der Waals surface area contributed by atoms with Crippen molar-refractivity contribution in [3.63, 3.8) is 0 Å². The van der Waals surface area contributed by atoms with Gasteiger partial charge in [0, 0.05) is 5.02 Å². The minimum atomic E-state index is -0.487. The number of rotatable bonds is 5. The summed E-state index contributed by atoms with van der Waals surface area (Å²) in [6.45, 7) is 2.78. The van der Waals surface area contributed by atoms with E-state index in [-0.39, 0.29) is 5.97 Å². The highest BCUT2D eigenvalue weighted by atomic mass is 35.5. The molecule has 0 saturated carbocycles. The normalized spacial score (nSPS) is 12.2. The zero-order valence-corrected chi connectivity index (χ0v) is 10.3. The van der Waals surface area contributed by atoms with Gasteiger partial charge in [-0.1, -0.05) is 36.7 Å². The first-order chi connectivity index (χ1) is 7.70. The maximum atomic E-state index is 11.6. The van der Waals surface area contributed by atoms with Crippen LogP contribution >= 0.6 is 11.6 Å². The van der Waals surface area contributed by atoms with Gasteiger partial charge in [-0.15, -0.1) is 0 Å². The van der Waals surface area contributed by atoms with Gasteiger partial charge in [0.2, 0.25) is 0 Å².